The van der Waals surface area contributed by atoms with E-state index < -0.39 is 8.49 Å². The molecule has 1 aromatic heterocycles. The zero-order valence-electron chi connectivity index (χ0n) is 20.7. The summed E-state index contributed by atoms with van der Waals surface area (Å²) in [5.41, 5.74) is 0. The molecule has 0 spiro atoms. The second kappa shape index (κ2) is 2.89. The van der Waals surface area contributed by atoms with Gasteiger partial charge in [-0.3, -0.25) is 0 Å². The zero-order chi connectivity index (χ0) is 21.1. The van der Waals surface area contributed by atoms with Crippen molar-refractivity contribution in [2.24, 2.45) is 0 Å². The maximum atomic E-state index is 3.85. The van der Waals surface area contributed by atoms with Crippen molar-refractivity contribution in [2.75, 3.05) is 0 Å². The zero-order valence-corrected chi connectivity index (χ0v) is 26.2. The molecular formula is C23H49Cl2NSiZr. The molecule has 5 heteroatoms. The minimum absolute atomic E-state index is 0. The minimum Gasteiger partial charge on any atom is -0.147 e. The number of hydrogen-bond acceptors (Lipinski definition) is 0. The topological polar surface area (TPSA) is 15.8 Å². The van der Waals surface area contributed by atoms with Crippen LogP contribution >= 0.6 is 24.8 Å². The Bertz CT molecular complexity index is 1230. The normalized spacial score (nSPS) is 27.7. The molecule has 0 bridgehead atoms. The van der Waals surface area contributed by atoms with E-state index in [1.165, 1.54) is 3.40 Å². The second-order valence-corrected chi connectivity index (χ2v) is 152. The van der Waals surface area contributed by atoms with Crippen LogP contribution in [0.25, 0.3) is 0 Å². The summed E-state index contributed by atoms with van der Waals surface area (Å²) in [6, 6.07) is 4.56. The largest absolute Gasteiger partial charge is 0.147 e. The molecule has 0 atom stereocenters. The van der Waals surface area contributed by atoms with Gasteiger partial charge >= 0.3 is 146 Å². The van der Waals surface area contributed by atoms with Crippen LogP contribution in [0, 0.1) is 0 Å². The smallest absolute Gasteiger partial charge is 0.147 e. The van der Waals surface area contributed by atoms with Gasteiger partial charge in [0.2, 0.25) is 0 Å². The van der Waals surface area contributed by atoms with Crippen molar-refractivity contribution < 1.29 is 8.49 Å². The van der Waals surface area contributed by atoms with E-state index in [1.807, 2.05) is 0 Å². The molecule has 1 heterocycles. The van der Waals surface area contributed by atoms with Crippen LogP contribution in [0.15, 0.2) is 39.8 Å². The summed E-state index contributed by atoms with van der Waals surface area (Å²) in [6.07, 6.45) is 10.2. The van der Waals surface area contributed by atoms with Crippen LogP contribution in [0.1, 0.15) is 48.0 Å². The Balaban J connectivity index is 0.00000364. The van der Waals surface area contributed by atoms with E-state index in [1.54, 1.807) is 3.28 Å². The Kier molecular flexibility index (Phi) is 2.94. The molecular weight excluding hydrogens is 480 g/mol. The van der Waals surface area contributed by atoms with Gasteiger partial charge in [-0.05, 0) is 0 Å². The monoisotopic (exact) mass is 527 g/mol. The predicted molar refractivity (Wildman–Crippen MR) is 140 cm³/mol. The molecule has 0 saturated heterocycles. The van der Waals surface area contributed by atoms with Gasteiger partial charge in [-0.2, -0.15) is 0 Å². The fourth-order valence-electron chi connectivity index (χ4n) is 6.64. The first-order valence-electron chi connectivity index (χ1n) is 10.6. The van der Waals surface area contributed by atoms with Crippen LogP contribution in [-0.2, 0) is 8.49 Å². The molecule has 1 aliphatic rings. The number of aromatic amines is 1. The van der Waals surface area contributed by atoms with Gasteiger partial charge in [-0.1, -0.05) is 0 Å². The van der Waals surface area contributed by atoms with Gasteiger partial charge in [0.15, 0.2) is 0 Å². The Morgan fingerprint density at radius 3 is 1.54 bits per heavy atom. The van der Waals surface area contributed by atoms with Crippen molar-refractivity contribution in [1.29, 1.82) is 0 Å². The molecule has 0 saturated carbocycles. The minimum atomic E-state index is -6.89. The molecule has 0 aromatic carbocycles. The number of aromatic nitrogens is 1. The van der Waals surface area contributed by atoms with Crippen LogP contribution in [0.2, 0.25) is 34.0 Å². The molecule has 0 radical (unpaired) electrons. The molecule has 2 rings (SSSR count). The summed E-state index contributed by atoms with van der Waals surface area (Å²) >= 11 is 0. The summed E-state index contributed by atoms with van der Waals surface area (Å²) in [5.74, 6) is 0. The van der Waals surface area contributed by atoms with Gasteiger partial charge in [0.1, 0.15) is 0 Å². The van der Waals surface area contributed by atoms with Gasteiger partial charge in [0, 0.05) is 0 Å². The van der Waals surface area contributed by atoms with Crippen LogP contribution in [0.5, 0.6) is 0 Å². The van der Waals surface area contributed by atoms with Gasteiger partial charge in [0.05, 0.1) is 0 Å². The van der Waals surface area contributed by atoms with E-state index in [2.05, 4.69) is 118 Å². The van der Waals surface area contributed by atoms with Gasteiger partial charge in [-0.25, -0.2) is 0 Å². The van der Waals surface area contributed by atoms with Gasteiger partial charge < -0.3 is 0 Å². The molecule has 0 amide bonds. The first kappa shape index (κ1) is 28.4. The Labute approximate surface area is 169 Å². The number of hydrogen-bond donors (Lipinski definition) is 1. The number of allylic oxidation sites excluding steroid dienone is 4. The SMILES string of the molecule is C[C](C)(C)[Zr]([CH3])([CH3])([CH3])([CH3])([CH3])([CH3])(=[SiH2])([C]1=CC=CC1)([c]1ccc[nH]1)[C](C)(C)C.Cl.Cl. The fraction of sp³-hybridized carbons (Fsp3) is 0.652. The van der Waals surface area contributed by atoms with E-state index in [-0.39, 0.29) is 31.1 Å². The Hall–Kier alpha value is 0.440. The summed E-state index contributed by atoms with van der Waals surface area (Å²) in [6.45, 7) is 17.3. The van der Waals surface area contributed by atoms with Crippen molar-refractivity contribution in [2.45, 2.75) is 82.0 Å². The first-order valence-corrected chi connectivity index (χ1v) is 36.2. The average molecular weight is 530 g/mol. The third-order valence-electron chi connectivity index (χ3n) is 18.5. The second-order valence-electron chi connectivity index (χ2n) is 24.0. The van der Waals surface area contributed by atoms with Crippen molar-refractivity contribution in [3.05, 3.63) is 39.8 Å². The van der Waals surface area contributed by atoms with E-state index in [4.69, 9.17) is 0 Å². The summed E-state index contributed by atoms with van der Waals surface area (Å²) in [7, 11) is -6.89. The molecule has 0 aliphatic heterocycles. The van der Waals surface area contributed by atoms with Crippen LogP contribution in [0.3, 0.4) is 0 Å². The average Bonchev–Trinajstić information content (AvgIpc) is 3.01. The molecule has 1 aromatic rings. The molecule has 0 unspecified atom stereocenters. The summed E-state index contributed by atoms with van der Waals surface area (Å²) in [4.78, 5) is 3.85. The molecule has 1 aliphatic carbocycles. The van der Waals surface area contributed by atoms with Crippen LogP contribution < -0.4 is 3.40 Å². The van der Waals surface area contributed by atoms with Crippen LogP contribution in [0.4, 0.5) is 0 Å². The maximum Gasteiger partial charge on any atom is -0.147 e. The first-order chi connectivity index (χ1) is 10.4. The van der Waals surface area contributed by atoms with E-state index in [0.29, 0.717) is 0 Å². The predicted octanol–water partition coefficient (Wildman–Crippen LogP) is 8.50. The third kappa shape index (κ3) is 1.31. The number of nitrogens with one attached hydrogen (secondary N) is 1. The molecule has 0 fully saturated rings. The van der Waals surface area contributed by atoms with Crippen molar-refractivity contribution in [3.8, 4) is 0 Å². The van der Waals surface area contributed by atoms with E-state index in [0.717, 1.165) is 6.42 Å². The maximum absolute atomic E-state index is 6.89. The fourth-order valence-corrected chi connectivity index (χ4v) is 39.3. The third-order valence-corrected chi connectivity index (χ3v) is 122. The molecule has 28 heavy (non-hydrogen) atoms. The van der Waals surface area contributed by atoms with Gasteiger partial charge in [0.25, 0.3) is 0 Å². The van der Waals surface area contributed by atoms with E-state index in [9.17, 15) is 0 Å². The molecule has 1 N–H and O–H groups in total. The quantitative estimate of drug-likeness (QED) is 0.370. The number of H-pyrrole nitrogens is 1. The summed E-state index contributed by atoms with van der Waals surface area (Å²) < 4.78 is 18.9. The Morgan fingerprint density at radius 1 is 0.857 bits per heavy atom. The van der Waals surface area contributed by atoms with Crippen LogP contribution in [-0.4, -0.2) is 11.9 Å². The summed E-state index contributed by atoms with van der Waals surface area (Å²) in [5, 5.41) is 0. The van der Waals surface area contributed by atoms with Crippen molar-refractivity contribution >= 4 is 35.1 Å². The molecule has 168 valence electrons. The van der Waals surface area contributed by atoms with Crippen molar-refractivity contribution in [3.63, 3.8) is 0 Å². The number of rotatable bonds is 2. The standard InChI is InChI=1S/C5H5.C4H4N.2C4H9.6CH3.2ClH.H2Si.Zr/c2*1-2-4-5-3-1;2*1-4(2)3;;;;;;;;;;/h1-3H,4H2;1-3,5H;2*1-3H3;6*1H3;2*1H;1H2;. The number of halogens is 2. The van der Waals surface area contributed by atoms with E-state index >= 15 is 0 Å². The molecule has 1 nitrogen and oxygen atoms in total. The van der Waals surface area contributed by atoms with Gasteiger partial charge in [-0.15, -0.1) is 24.8 Å². The Morgan fingerprint density at radius 2 is 1.29 bits per heavy atom. The van der Waals surface area contributed by atoms with Crippen molar-refractivity contribution in [1.82, 2.24) is 4.98 Å².